The molecule has 1 aromatic rings. The highest BCUT2D eigenvalue weighted by molar-refractivity contribution is 5.78. The standard InChI is InChI=1S/C13H20N2O2/c1-11-5-6-12(17-11)9-14(2)10-13(16)15-7-3-4-8-15/h5-6H,3-4,7-10H2,1-2H3. The van der Waals surface area contributed by atoms with Gasteiger partial charge in [-0.3, -0.25) is 9.69 Å². The summed E-state index contributed by atoms with van der Waals surface area (Å²) in [6.45, 7) is 4.94. The van der Waals surface area contributed by atoms with Gasteiger partial charge in [0.1, 0.15) is 11.5 Å². The molecule has 94 valence electrons. The minimum Gasteiger partial charge on any atom is -0.465 e. The fourth-order valence-corrected chi connectivity index (χ4v) is 2.19. The number of hydrogen-bond donors (Lipinski definition) is 0. The first-order valence-electron chi connectivity index (χ1n) is 6.17. The number of likely N-dealkylation sites (tertiary alicyclic amines) is 1. The number of nitrogens with zero attached hydrogens (tertiary/aromatic N) is 2. The second-order valence-corrected chi connectivity index (χ2v) is 4.77. The van der Waals surface area contributed by atoms with Gasteiger partial charge in [0.2, 0.25) is 5.91 Å². The largest absolute Gasteiger partial charge is 0.465 e. The van der Waals surface area contributed by atoms with Crippen molar-refractivity contribution in [3.05, 3.63) is 23.7 Å². The van der Waals surface area contributed by atoms with Gasteiger partial charge < -0.3 is 9.32 Å². The number of aryl methyl sites for hydroxylation is 1. The zero-order valence-corrected chi connectivity index (χ0v) is 10.6. The highest BCUT2D eigenvalue weighted by Gasteiger charge is 2.19. The maximum Gasteiger partial charge on any atom is 0.236 e. The molecule has 2 rings (SSSR count). The molecule has 1 fully saturated rings. The van der Waals surface area contributed by atoms with E-state index in [2.05, 4.69) is 0 Å². The Labute approximate surface area is 102 Å². The molecule has 1 saturated heterocycles. The maximum atomic E-state index is 11.9. The third-order valence-electron chi connectivity index (χ3n) is 3.09. The van der Waals surface area contributed by atoms with Crippen molar-refractivity contribution >= 4 is 5.91 Å². The molecule has 17 heavy (non-hydrogen) atoms. The summed E-state index contributed by atoms with van der Waals surface area (Å²) in [6, 6.07) is 3.91. The smallest absolute Gasteiger partial charge is 0.236 e. The van der Waals surface area contributed by atoms with Gasteiger partial charge in [-0.1, -0.05) is 0 Å². The summed E-state index contributed by atoms with van der Waals surface area (Å²) >= 11 is 0. The summed E-state index contributed by atoms with van der Waals surface area (Å²) in [7, 11) is 1.95. The normalized spacial score (nSPS) is 15.8. The number of carbonyl (C=O) groups is 1. The van der Waals surface area contributed by atoms with Crippen LogP contribution >= 0.6 is 0 Å². The van der Waals surface area contributed by atoms with Crippen LogP contribution in [-0.2, 0) is 11.3 Å². The van der Waals surface area contributed by atoms with Crippen LogP contribution in [0, 0.1) is 6.92 Å². The van der Waals surface area contributed by atoms with Gasteiger partial charge in [-0.25, -0.2) is 0 Å². The molecule has 0 unspecified atom stereocenters. The predicted molar refractivity (Wildman–Crippen MR) is 65.6 cm³/mol. The monoisotopic (exact) mass is 236 g/mol. The fourth-order valence-electron chi connectivity index (χ4n) is 2.19. The molecular weight excluding hydrogens is 216 g/mol. The van der Waals surface area contributed by atoms with Gasteiger partial charge in [0.25, 0.3) is 0 Å². The highest BCUT2D eigenvalue weighted by Crippen LogP contribution is 2.10. The van der Waals surface area contributed by atoms with Crippen LogP contribution in [0.1, 0.15) is 24.4 Å². The molecule has 1 aliphatic heterocycles. The van der Waals surface area contributed by atoms with Gasteiger partial charge in [-0.05, 0) is 38.9 Å². The van der Waals surface area contributed by atoms with Crippen molar-refractivity contribution in [1.82, 2.24) is 9.80 Å². The maximum absolute atomic E-state index is 11.9. The van der Waals surface area contributed by atoms with Crippen LogP contribution in [0.15, 0.2) is 16.5 Å². The van der Waals surface area contributed by atoms with Gasteiger partial charge in [0.15, 0.2) is 0 Å². The molecule has 4 heteroatoms. The Balaban J connectivity index is 1.80. The van der Waals surface area contributed by atoms with Crippen molar-refractivity contribution in [2.45, 2.75) is 26.3 Å². The number of likely N-dealkylation sites (N-methyl/N-ethyl adjacent to an activating group) is 1. The molecule has 4 nitrogen and oxygen atoms in total. The Morgan fingerprint density at radius 3 is 2.71 bits per heavy atom. The Hall–Kier alpha value is -1.29. The van der Waals surface area contributed by atoms with E-state index in [4.69, 9.17) is 4.42 Å². The highest BCUT2D eigenvalue weighted by atomic mass is 16.3. The van der Waals surface area contributed by atoms with Gasteiger partial charge in [-0.15, -0.1) is 0 Å². The molecule has 0 N–H and O–H groups in total. The van der Waals surface area contributed by atoms with Crippen LogP contribution < -0.4 is 0 Å². The van der Waals surface area contributed by atoms with E-state index in [-0.39, 0.29) is 5.91 Å². The summed E-state index contributed by atoms with van der Waals surface area (Å²) in [5.74, 6) is 2.06. The lowest BCUT2D eigenvalue weighted by Crippen LogP contribution is -2.36. The quantitative estimate of drug-likeness (QED) is 0.797. The SMILES string of the molecule is Cc1ccc(CN(C)CC(=O)N2CCCC2)o1. The Bertz CT molecular complexity index is 381. The van der Waals surface area contributed by atoms with Gasteiger partial charge >= 0.3 is 0 Å². The second kappa shape index (κ2) is 5.36. The molecule has 2 heterocycles. The zero-order chi connectivity index (χ0) is 12.3. The topological polar surface area (TPSA) is 36.7 Å². The summed E-state index contributed by atoms with van der Waals surface area (Å²) in [6.07, 6.45) is 2.29. The van der Waals surface area contributed by atoms with E-state index in [9.17, 15) is 4.79 Å². The molecule has 0 saturated carbocycles. The number of amides is 1. The summed E-state index contributed by atoms with van der Waals surface area (Å²) in [5.41, 5.74) is 0. The first-order chi connectivity index (χ1) is 8.15. The molecule has 0 bridgehead atoms. The number of hydrogen-bond acceptors (Lipinski definition) is 3. The van der Waals surface area contributed by atoms with E-state index in [1.54, 1.807) is 0 Å². The molecule has 0 spiro atoms. The lowest BCUT2D eigenvalue weighted by atomic mass is 10.4. The summed E-state index contributed by atoms with van der Waals surface area (Å²) in [4.78, 5) is 15.9. The van der Waals surface area contributed by atoms with Gasteiger partial charge in [-0.2, -0.15) is 0 Å². The minimum absolute atomic E-state index is 0.230. The molecule has 1 amide bonds. The lowest BCUT2D eigenvalue weighted by Gasteiger charge is -2.20. The Morgan fingerprint density at radius 2 is 2.12 bits per heavy atom. The molecule has 0 aromatic carbocycles. The second-order valence-electron chi connectivity index (χ2n) is 4.77. The first kappa shape index (κ1) is 12.2. The van der Waals surface area contributed by atoms with E-state index >= 15 is 0 Å². The number of furan rings is 1. The Morgan fingerprint density at radius 1 is 1.41 bits per heavy atom. The fraction of sp³-hybridized carbons (Fsp3) is 0.615. The molecule has 1 aromatic heterocycles. The Kier molecular flexibility index (Phi) is 3.84. The average molecular weight is 236 g/mol. The van der Waals surface area contributed by atoms with Crippen LogP contribution in [0.3, 0.4) is 0 Å². The van der Waals surface area contributed by atoms with Crippen LogP contribution in [0.2, 0.25) is 0 Å². The van der Waals surface area contributed by atoms with Crippen LogP contribution in [0.4, 0.5) is 0 Å². The molecule has 1 aliphatic rings. The minimum atomic E-state index is 0.230. The number of rotatable bonds is 4. The lowest BCUT2D eigenvalue weighted by molar-refractivity contribution is -0.131. The zero-order valence-electron chi connectivity index (χ0n) is 10.6. The van der Waals surface area contributed by atoms with Crippen LogP contribution in [0.25, 0.3) is 0 Å². The van der Waals surface area contributed by atoms with E-state index in [1.807, 2.05) is 35.9 Å². The van der Waals surface area contributed by atoms with E-state index in [0.29, 0.717) is 13.1 Å². The van der Waals surface area contributed by atoms with Crippen molar-refractivity contribution in [1.29, 1.82) is 0 Å². The van der Waals surface area contributed by atoms with Crippen LogP contribution in [0.5, 0.6) is 0 Å². The molecular formula is C13H20N2O2. The van der Waals surface area contributed by atoms with Crippen molar-refractivity contribution < 1.29 is 9.21 Å². The molecule has 0 aliphatic carbocycles. The third-order valence-corrected chi connectivity index (χ3v) is 3.09. The van der Waals surface area contributed by atoms with E-state index in [0.717, 1.165) is 37.5 Å². The van der Waals surface area contributed by atoms with Crippen molar-refractivity contribution in [3.8, 4) is 0 Å². The van der Waals surface area contributed by atoms with E-state index in [1.165, 1.54) is 0 Å². The van der Waals surface area contributed by atoms with Crippen LogP contribution in [-0.4, -0.2) is 42.4 Å². The summed E-state index contributed by atoms with van der Waals surface area (Å²) < 4.78 is 5.49. The van der Waals surface area contributed by atoms with Crippen molar-refractivity contribution in [2.75, 3.05) is 26.7 Å². The predicted octanol–water partition coefficient (Wildman–Crippen LogP) is 1.64. The average Bonchev–Trinajstić information content (AvgIpc) is 2.89. The van der Waals surface area contributed by atoms with E-state index < -0.39 is 0 Å². The van der Waals surface area contributed by atoms with Crippen molar-refractivity contribution in [3.63, 3.8) is 0 Å². The number of carbonyl (C=O) groups excluding carboxylic acids is 1. The van der Waals surface area contributed by atoms with Crippen molar-refractivity contribution in [2.24, 2.45) is 0 Å². The van der Waals surface area contributed by atoms with Gasteiger partial charge in [0.05, 0.1) is 13.1 Å². The summed E-state index contributed by atoms with van der Waals surface area (Å²) in [5, 5.41) is 0. The molecule has 0 radical (unpaired) electrons. The van der Waals surface area contributed by atoms with Gasteiger partial charge in [0, 0.05) is 13.1 Å². The first-order valence-corrected chi connectivity index (χ1v) is 6.17. The third kappa shape index (κ3) is 3.33. The molecule has 0 atom stereocenters.